The minimum absolute atomic E-state index is 0.116. The first-order chi connectivity index (χ1) is 12.6. The summed E-state index contributed by atoms with van der Waals surface area (Å²) in [5, 5.41) is 3.04. The van der Waals surface area contributed by atoms with Crippen LogP contribution in [-0.2, 0) is 0 Å². The number of amides is 1. The van der Waals surface area contributed by atoms with Crippen LogP contribution in [-0.4, -0.2) is 15.9 Å². The number of nitrogens with zero attached hydrogens (tertiary/aromatic N) is 1. The Morgan fingerprint density at radius 2 is 1.69 bits per heavy atom. The van der Waals surface area contributed by atoms with Crippen molar-refractivity contribution in [2.24, 2.45) is 0 Å². The second-order valence-corrected chi connectivity index (χ2v) is 6.35. The lowest BCUT2D eigenvalue weighted by molar-refractivity contribution is 0.102. The topological polar surface area (TPSA) is 57.8 Å². The van der Waals surface area contributed by atoms with Gasteiger partial charge in [0.05, 0.1) is 16.7 Å². The third kappa shape index (κ3) is 2.86. The highest BCUT2D eigenvalue weighted by Crippen LogP contribution is 2.28. The molecule has 0 saturated heterocycles. The summed E-state index contributed by atoms with van der Waals surface area (Å²) in [5.41, 5.74) is 6.25. The van der Waals surface area contributed by atoms with Gasteiger partial charge >= 0.3 is 0 Å². The van der Waals surface area contributed by atoms with Crippen LogP contribution in [0.15, 0.2) is 66.7 Å². The van der Waals surface area contributed by atoms with E-state index in [-0.39, 0.29) is 5.91 Å². The van der Waals surface area contributed by atoms with Crippen molar-refractivity contribution in [2.45, 2.75) is 13.8 Å². The van der Waals surface area contributed by atoms with Gasteiger partial charge in [-0.2, -0.15) is 0 Å². The van der Waals surface area contributed by atoms with Gasteiger partial charge in [0.15, 0.2) is 0 Å². The Balaban J connectivity index is 1.72. The molecule has 0 aliphatic carbocycles. The maximum atomic E-state index is 12.8. The Bertz CT molecular complexity index is 1080. The molecule has 1 aromatic heterocycles. The molecule has 0 bridgehead atoms. The molecule has 0 aliphatic heterocycles. The van der Waals surface area contributed by atoms with Crippen molar-refractivity contribution < 1.29 is 4.79 Å². The van der Waals surface area contributed by atoms with E-state index in [2.05, 4.69) is 15.3 Å². The number of aromatic amines is 1. The molecule has 0 unspecified atom stereocenters. The first-order valence-corrected chi connectivity index (χ1v) is 8.55. The molecular formula is C22H19N3O. The second-order valence-electron chi connectivity index (χ2n) is 6.35. The van der Waals surface area contributed by atoms with Gasteiger partial charge in [0.2, 0.25) is 0 Å². The molecule has 26 heavy (non-hydrogen) atoms. The van der Waals surface area contributed by atoms with Gasteiger partial charge in [-0.15, -0.1) is 0 Å². The predicted molar refractivity (Wildman–Crippen MR) is 105 cm³/mol. The Kier molecular flexibility index (Phi) is 4.01. The van der Waals surface area contributed by atoms with Crippen molar-refractivity contribution in [1.29, 1.82) is 0 Å². The maximum absolute atomic E-state index is 12.8. The van der Waals surface area contributed by atoms with Crippen molar-refractivity contribution in [2.75, 3.05) is 5.32 Å². The fourth-order valence-electron chi connectivity index (χ4n) is 3.07. The molecule has 1 amide bonds. The van der Waals surface area contributed by atoms with Crippen molar-refractivity contribution in [3.63, 3.8) is 0 Å². The summed E-state index contributed by atoms with van der Waals surface area (Å²) in [6.07, 6.45) is 0. The highest BCUT2D eigenvalue weighted by Gasteiger charge is 2.14. The van der Waals surface area contributed by atoms with E-state index in [0.29, 0.717) is 5.56 Å². The average Bonchev–Trinajstić information content (AvgIpc) is 3.08. The van der Waals surface area contributed by atoms with E-state index in [1.807, 2.05) is 80.6 Å². The molecule has 4 rings (SSSR count). The standard InChI is InChI=1S/C22H19N3O/c1-14-8-7-10-16(15(14)2)22(26)25-18-11-4-3-9-17(18)21-23-19-12-5-6-13-20(19)24-21/h3-13H,1-2H3,(H,23,24)(H,25,26). The molecule has 0 spiro atoms. The molecule has 4 aromatic rings. The molecule has 4 nitrogen and oxygen atoms in total. The molecular weight excluding hydrogens is 322 g/mol. The number of aryl methyl sites for hydroxylation is 1. The van der Waals surface area contributed by atoms with Gasteiger partial charge in [0, 0.05) is 11.1 Å². The van der Waals surface area contributed by atoms with Gasteiger partial charge in [0.1, 0.15) is 5.82 Å². The van der Waals surface area contributed by atoms with E-state index < -0.39 is 0 Å². The molecule has 0 fully saturated rings. The van der Waals surface area contributed by atoms with Crippen LogP contribution in [0.25, 0.3) is 22.4 Å². The fourth-order valence-corrected chi connectivity index (χ4v) is 3.07. The normalized spacial score (nSPS) is 10.8. The summed E-state index contributed by atoms with van der Waals surface area (Å²) in [4.78, 5) is 20.8. The number of aromatic nitrogens is 2. The monoisotopic (exact) mass is 341 g/mol. The number of rotatable bonds is 3. The van der Waals surface area contributed by atoms with Gasteiger partial charge in [-0.25, -0.2) is 4.98 Å². The predicted octanol–water partition coefficient (Wildman–Crippen LogP) is 5.10. The van der Waals surface area contributed by atoms with Crippen LogP contribution >= 0.6 is 0 Å². The van der Waals surface area contributed by atoms with Gasteiger partial charge < -0.3 is 10.3 Å². The second kappa shape index (κ2) is 6.48. The number of hydrogen-bond donors (Lipinski definition) is 2. The van der Waals surface area contributed by atoms with Crippen LogP contribution in [0.1, 0.15) is 21.5 Å². The summed E-state index contributed by atoms with van der Waals surface area (Å²) in [6.45, 7) is 3.98. The van der Waals surface area contributed by atoms with Crippen LogP contribution < -0.4 is 5.32 Å². The lowest BCUT2D eigenvalue weighted by atomic mass is 10.0. The van der Waals surface area contributed by atoms with Crippen LogP contribution in [0.4, 0.5) is 5.69 Å². The highest BCUT2D eigenvalue weighted by molar-refractivity contribution is 6.07. The lowest BCUT2D eigenvalue weighted by Gasteiger charge is -2.12. The summed E-state index contributed by atoms with van der Waals surface area (Å²) in [5.74, 6) is 0.623. The van der Waals surface area contributed by atoms with Crippen LogP contribution in [0.2, 0.25) is 0 Å². The first kappa shape index (κ1) is 16.1. The summed E-state index contributed by atoms with van der Waals surface area (Å²) < 4.78 is 0. The molecule has 1 heterocycles. The molecule has 0 aliphatic rings. The number of fused-ring (bicyclic) bond motifs is 1. The lowest BCUT2D eigenvalue weighted by Crippen LogP contribution is -2.14. The molecule has 4 heteroatoms. The Labute approximate surface area is 151 Å². The third-order valence-corrected chi connectivity index (χ3v) is 4.67. The number of anilines is 1. The molecule has 0 atom stereocenters. The average molecular weight is 341 g/mol. The molecule has 2 N–H and O–H groups in total. The van der Waals surface area contributed by atoms with Crippen LogP contribution in [0.5, 0.6) is 0 Å². The van der Waals surface area contributed by atoms with Gasteiger partial charge in [-0.3, -0.25) is 4.79 Å². The van der Waals surface area contributed by atoms with Crippen molar-refractivity contribution in [3.8, 4) is 11.4 Å². The number of para-hydroxylation sites is 3. The third-order valence-electron chi connectivity index (χ3n) is 4.67. The minimum Gasteiger partial charge on any atom is -0.338 e. The summed E-state index contributed by atoms with van der Waals surface area (Å²) in [6, 6.07) is 21.3. The fraction of sp³-hybridized carbons (Fsp3) is 0.0909. The SMILES string of the molecule is Cc1cccc(C(=O)Nc2ccccc2-c2nc3ccccc3[nH]2)c1C. The number of benzene rings is 3. The van der Waals surface area contributed by atoms with Gasteiger partial charge in [-0.1, -0.05) is 36.4 Å². The zero-order valence-corrected chi connectivity index (χ0v) is 14.7. The number of nitrogens with one attached hydrogen (secondary N) is 2. The Morgan fingerprint density at radius 3 is 2.54 bits per heavy atom. The van der Waals surface area contributed by atoms with Crippen molar-refractivity contribution >= 4 is 22.6 Å². The number of H-pyrrole nitrogens is 1. The van der Waals surface area contributed by atoms with Gasteiger partial charge in [-0.05, 0) is 55.3 Å². The zero-order valence-electron chi connectivity index (χ0n) is 14.7. The summed E-state index contributed by atoms with van der Waals surface area (Å²) >= 11 is 0. The molecule has 128 valence electrons. The summed E-state index contributed by atoms with van der Waals surface area (Å²) in [7, 11) is 0. The number of hydrogen-bond acceptors (Lipinski definition) is 2. The molecule has 3 aromatic carbocycles. The molecule has 0 radical (unpaired) electrons. The van der Waals surface area contributed by atoms with Crippen LogP contribution in [0.3, 0.4) is 0 Å². The highest BCUT2D eigenvalue weighted by atomic mass is 16.1. The van der Waals surface area contributed by atoms with E-state index in [0.717, 1.165) is 39.2 Å². The minimum atomic E-state index is -0.116. The Morgan fingerprint density at radius 1 is 0.923 bits per heavy atom. The van der Waals surface area contributed by atoms with E-state index in [1.54, 1.807) is 0 Å². The number of imidazole rings is 1. The quantitative estimate of drug-likeness (QED) is 0.545. The number of carbonyl (C=O) groups excluding carboxylic acids is 1. The number of carbonyl (C=O) groups is 1. The Hall–Kier alpha value is -3.40. The van der Waals surface area contributed by atoms with Crippen LogP contribution in [0, 0.1) is 13.8 Å². The van der Waals surface area contributed by atoms with E-state index in [4.69, 9.17) is 0 Å². The largest absolute Gasteiger partial charge is 0.338 e. The van der Waals surface area contributed by atoms with E-state index in [9.17, 15) is 4.79 Å². The van der Waals surface area contributed by atoms with Crippen molar-refractivity contribution in [3.05, 3.63) is 83.4 Å². The van der Waals surface area contributed by atoms with Crippen molar-refractivity contribution in [1.82, 2.24) is 9.97 Å². The van der Waals surface area contributed by atoms with E-state index in [1.165, 1.54) is 0 Å². The van der Waals surface area contributed by atoms with Gasteiger partial charge in [0.25, 0.3) is 5.91 Å². The van der Waals surface area contributed by atoms with E-state index >= 15 is 0 Å². The zero-order chi connectivity index (χ0) is 18.1. The first-order valence-electron chi connectivity index (χ1n) is 8.55. The smallest absolute Gasteiger partial charge is 0.255 e. The maximum Gasteiger partial charge on any atom is 0.255 e. The molecule has 0 saturated carbocycles.